The van der Waals surface area contributed by atoms with Crippen LogP contribution in [0.25, 0.3) is 17.0 Å². The molecule has 1 N–H and O–H groups in total. The van der Waals surface area contributed by atoms with Crippen molar-refractivity contribution in [2.75, 3.05) is 7.11 Å². The summed E-state index contributed by atoms with van der Waals surface area (Å²) in [5, 5.41) is 1.13. The average Bonchev–Trinajstić information content (AvgIpc) is 2.74. The molecule has 0 saturated carbocycles. The third-order valence-electron chi connectivity index (χ3n) is 2.22. The second-order valence-electron chi connectivity index (χ2n) is 3.15. The van der Waals surface area contributed by atoms with E-state index in [0.29, 0.717) is 0 Å². The zero-order chi connectivity index (χ0) is 10.7. The standard InChI is InChI=1S/C12H11NO2/c1-15-11(14)6-5-9-3-2-4-10-7-8-13-12(9)10/h2-8,13H,1H3/b6-5+. The van der Waals surface area contributed by atoms with E-state index in [1.165, 1.54) is 13.2 Å². The summed E-state index contributed by atoms with van der Waals surface area (Å²) >= 11 is 0. The van der Waals surface area contributed by atoms with E-state index in [1.54, 1.807) is 6.08 Å². The Labute approximate surface area is 87.4 Å². The summed E-state index contributed by atoms with van der Waals surface area (Å²) in [6.07, 6.45) is 5.03. The molecule has 1 aromatic heterocycles. The molecule has 2 aromatic rings. The van der Waals surface area contributed by atoms with Crippen molar-refractivity contribution in [2.24, 2.45) is 0 Å². The molecule has 76 valence electrons. The van der Waals surface area contributed by atoms with Crippen LogP contribution in [-0.2, 0) is 9.53 Å². The van der Waals surface area contributed by atoms with Crippen molar-refractivity contribution < 1.29 is 9.53 Å². The van der Waals surface area contributed by atoms with Gasteiger partial charge in [-0.05, 0) is 23.1 Å². The number of hydrogen-bond donors (Lipinski definition) is 1. The quantitative estimate of drug-likeness (QED) is 0.598. The van der Waals surface area contributed by atoms with Crippen LogP contribution in [-0.4, -0.2) is 18.1 Å². The number of carbonyl (C=O) groups is 1. The normalized spacial score (nSPS) is 11.0. The lowest BCUT2D eigenvalue weighted by atomic mass is 10.1. The molecule has 2 rings (SSSR count). The van der Waals surface area contributed by atoms with Gasteiger partial charge in [-0.3, -0.25) is 0 Å². The summed E-state index contributed by atoms with van der Waals surface area (Å²) in [6.45, 7) is 0. The number of aromatic nitrogens is 1. The van der Waals surface area contributed by atoms with E-state index in [0.717, 1.165) is 16.5 Å². The number of rotatable bonds is 2. The number of nitrogens with one attached hydrogen (secondary N) is 1. The average molecular weight is 201 g/mol. The summed E-state index contributed by atoms with van der Waals surface area (Å²) in [5.41, 5.74) is 2.00. The Morgan fingerprint density at radius 1 is 1.40 bits per heavy atom. The number of carbonyl (C=O) groups excluding carboxylic acids is 1. The molecule has 0 radical (unpaired) electrons. The van der Waals surface area contributed by atoms with Crippen molar-refractivity contribution in [3.63, 3.8) is 0 Å². The molecule has 1 aromatic carbocycles. The number of methoxy groups -OCH3 is 1. The van der Waals surface area contributed by atoms with Gasteiger partial charge in [0.25, 0.3) is 0 Å². The largest absolute Gasteiger partial charge is 0.466 e. The van der Waals surface area contributed by atoms with Crippen molar-refractivity contribution in [1.29, 1.82) is 0 Å². The van der Waals surface area contributed by atoms with Gasteiger partial charge in [0, 0.05) is 12.3 Å². The number of benzene rings is 1. The van der Waals surface area contributed by atoms with Gasteiger partial charge in [0.2, 0.25) is 0 Å². The molecule has 3 nitrogen and oxygen atoms in total. The highest BCUT2D eigenvalue weighted by Crippen LogP contribution is 2.17. The molecule has 1 heterocycles. The molecule has 0 amide bonds. The van der Waals surface area contributed by atoms with Crippen LogP contribution in [0.3, 0.4) is 0 Å². The third kappa shape index (κ3) is 1.91. The molecule has 0 bridgehead atoms. The maximum absolute atomic E-state index is 10.9. The van der Waals surface area contributed by atoms with Crippen LogP contribution in [0.5, 0.6) is 0 Å². The highest BCUT2D eigenvalue weighted by Gasteiger charge is 1.98. The fourth-order valence-electron chi connectivity index (χ4n) is 1.47. The summed E-state index contributed by atoms with van der Waals surface area (Å²) in [5.74, 6) is -0.349. The molecule has 0 spiro atoms. The van der Waals surface area contributed by atoms with E-state index in [9.17, 15) is 4.79 Å². The second kappa shape index (κ2) is 4.00. The summed E-state index contributed by atoms with van der Waals surface area (Å²) < 4.78 is 4.53. The lowest BCUT2D eigenvalue weighted by Gasteiger charge is -1.96. The van der Waals surface area contributed by atoms with Crippen LogP contribution in [0.2, 0.25) is 0 Å². The molecule has 0 unspecified atom stereocenters. The number of fused-ring (bicyclic) bond motifs is 1. The van der Waals surface area contributed by atoms with Crippen molar-refractivity contribution >= 4 is 22.9 Å². The molecule has 0 atom stereocenters. The first kappa shape index (κ1) is 9.52. The van der Waals surface area contributed by atoms with E-state index < -0.39 is 0 Å². The van der Waals surface area contributed by atoms with Crippen LogP contribution in [0.1, 0.15) is 5.56 Å². The van der Waals surface area contributed by atoms with E-state index in [-0.39, 0.29) is 5.97 Å². The van der Waals surface area contributed by atoms with Crippen molar-refractivity contribution in [3.8, 4) is 0 Å². The molecular weight excluding hydrogens is 190 g/mol. The van der Waals surface area contributed by atoms with Crippen molar-refractivity contribution in [1.82, 2.24) is 4.98 Å². The highest BCUT2D eigenvalue weighted by atomic mass is 16.5. The number of ether oxygens (including phenoxy) is 1. The van der Waals surface area contributed by atoms with Gasteiger partial charge in [-0.15, -0.1) is 0 Å². The van der Waals surface area contributed by atoms with E-state index in [2.05, 4.69) is 9.72 Å². The Hall–Kier alpha value is -2.03. The number of H-pyrrole nitrogens is 1. The molecule has 0 aliphatic carbocycles. The topological polar surface area (TPSA) is 42.1 Å². The predicted molar refractivity (Wildman–Crippen MR) is 59.3 cm³/mol. The Balaban J connectivity index is 2.39. The van der Waals surface area contributed by atoms with Crippen LogP contribution >= 0.6 is 0 Å². The van der Waals surface area contributed by atoms with E-state index >= 15 is 0 Å². The number of esters is 1. The highest BCUT2D eigenvalue weighted by molar-refractivity contribution is 5.93. The number of aromatic amines is 1. The first-order chi connectivity index (χ1) is 7.31. The Bertz CT molecular complexity index is 511. The Kier molecular flexibility index (Phi) is 2.54. The lowest BCUT2D eigenvalue weighted by molar-refractivity contribution is -0.134. The first-order valence-electron chi connectivity index (χ1n) is 4.63. The molecule has 0 fully saturated rings. The summed E-state index contributed by atoms with van der Waals surface area (Å²) in [7, 11) is 1.36. The SMILES string of the molecule is COC(=O)/C=C/c1cccc2cc[nH]c12. The minimum Gasteiger partial charge on any atom is -0.466 e. The Morgan fingerprint density at radius 2 is 2.27 bits per heavy atom. The molecule has 0 saturated heterocycles. The first-order valence-corrected chi connectivity index (χ1v) is 4.63. The number of hydrogen-bond acceptors (Lipinski definition) is 2. The zero-order valence-corrected chi connectivity index (χ0v) is 8.36. The van der Waals surface area contributed by atoms with Crippen LogP contribution in [0, 0.1) is 0 Å². The van der Waals surface area contributed by atoms with Crippen molar-refractivity contribution in [3.05, 3.63) is 42.1 Å². The molecule has 15 heavy (non-hydrogen) atoms. The van der Waals surface area contributed by atoms with Crippen molar-refractivity contribution in [2.45, 2.75) is 0 Å². The second-order valence-corrected chi connectivity index (χ2v) is 3.15. The molecule has 0 aliphatic heterocycles. The smallest absolute Gasteiger partial charge is 0.330 e. The minimum atomic E-state index is -0.349. The van der Waals surface area contributed by atoms with Gasteiger partial charge in [0.05, 0.1) is 12.6 Å². The minimum absolute atomic E-state index is 0.349. The van der Waals surface area contributed by atoms with Gasteiger partial charge in [-0.1, -0.05) is 18.2 Å². The van der Waals surface area contributed by atoms with E-state index in [1.807, 2.05) is 30.5 Å². The summed E-state index contributed by atoms with van der Waals surface area (Å²) in [6, 6.07) is 7.90. The molecular formula is C12H11NO2. The molecule has 3 heteroatoms. The fraction of sp³-hybridized carbons (Fsp3) is 0.0833. The fourth-order valence-corrected chi connectivity index (χ4v) is 1.47. The predicted octanol–water partition coefficient (Wildman–Crippen LogP) is 2.35. The number of para-hydroxylation sites is 1. The van der Waals surface area contributed by atoms with Gasteiger partial charge >= 0.3 is 5.97 Å². The van der Waals surface area contributed by atoms with Gasteiger partial charge in [0.15, 0.2) is 0 Å². The van der Waals surface area contributed by atoms with Crippen LogP contribution in [0.4, 0.5) is 0 Å². The van der Waals surface area contributed by atoms with Gasteiger partial charge in [-0.25, -0.2) is 4.79 Å². The summed E-state index contributed by atoms with van der Waals surface area (Å²) in [4.78, 5) is 14.1. The monoisotopic (exact) mass is 201 g/mol. The van der Waals surface area contributed by atoms with Crippen LogP contribution in [0.15, 0.2) is 36.5 Å². The third-order valence-corrected chi connectivity index (χ3v) is 2.22. The van der Waals surface area contributed by atoms with Gasteiger partial charge in [-0.2, -0.15) is 0 Å². The van der Waals surface area contributed by atoms with Gasteiger partial charge < -0.3 is 9.72 Å². The van der Waals surface area contributed by atoms with Gasteiger partial charge in [0.1, 0.15) is 0 Å². The lowest BCUT2D eigenvalue weighted by Crippen LogP contribution is -1.93. The maximum Gasteiger partial charge on any atom is 0.330 e. The maximum atomic E-state index is 10.9. The zero-order valence-electron chi connectivity index (χ0n) is 8.36. The van der Waals surface area contributed by atoms with Crippen LogP contribution < -0.4 is 0 Å². The Morgan fingerprint density at radius 3 is 3.07 bits per heavy atom. The van der Waals surface area contributed by atoms with E-state index in [4.69, 9.17) is 0 Å². The molecule has 0 aliphatic rings.